The second-order valence-electron chi connectivity index (χ2n) is 8.09. The van der Waals surface area contributed by atoms with Crippen molar-refractivity contribution in [2.24, 2.45) is 0 Å². The summed E-state index contributed by atoms with van der Waals surface area (Å²) in [5.41, 5.74) is -1.38. The first-order valence-corrected chi connectivity index (χ1v) is 14.0. The molecule has 1 fully saturated rings. The molecule has 0 unspecified atom stereocenters. The molecule has 2 rings (SSSR count). The molecule has 1 aliphatic rings. The van der Waals surface area contributed by atoms with E-state index in [-0.39, 0.29) is 11.6 Å². The van der Waals surface area contributed by atoms with Crippen LogP contribution < -0.4 is 11.2 Å². The summed E-state index contributed by atoms with van der Waals surface area (Å²) in [5.74, 6) is 0. The van der Waals surface area contributed by atoms with Crippen molar-refractivity contribution in [3.8, 4) is 0 Å². The normalized spacial score (nSPS) is 26.5. The SMILES string of the molecule is CC(C)(C)[Si](C)(C)OC[C@H]1O[C@@H](n2ccc(=O)[nH]c2=O)[C@H](OS(=O)(=O)O)[C@H]1I. The average molecular weight is 548 g/mol. The monoisotopic (exact) mass is 548 g/mol. The maximum atomic E-state index is 12.1. The Hall–Kier alpha value is -0.583. The molecule has 2 N–H and O–H groups in total. The van der Waals surface area contributed by atoms with E-state index in [0.29, 0.717) is 0 Å². The molecule has 0 aromatic carbocycles. The number of H-pyrrole nitrogens is 1. The lowest BCUT2D eigenvalue weighted by molar-refractivity contribution is -0.0467. The zero-order valence-corrected chi connectivity index (χ0v) is 20.2. The smallest absolute Gasteiger partial charge is 0.397 e. The van der Waals surface area contributed by atoms with Crippen LogP contribution in [0.4, 0.5) is 0 Å². The van der Waals surface area contributed by atoms with Crippen LogP contribution in [0.3, 0.4) is 0 Å². The van der Waals surface area contributed by atoms with Gasteiger partial charge in [0.15, 0.2) is 14.5 Å². The Balaban J connectivity index is 2.31. The van der Waals surface area contributed by atoms with E-state index in [1.165, 1.54) is 6.20 Å². The number of halogens is 1. The van der Waals surface area contributed by atoms with E-state index < -0.39 is 52.3 Å². The van der Waals surface area contributed by atoms with Gasteiger partial charge in [0.25, 0.3) is 5.56 Å². The number of hydrogen-bond donors (Lipinski definition) is 2. The maximum Gasteiger partial charge on any atom is 0.397 e. The van der Waals surface area contributed by atoms with Crippen LogP contribution in [0.15, 0.2) is 21.9 Å². The number of rotatable bonds is 6. The van der Waals surface area contributed by atoms with Crippen molar-refractivity contribution in [3.05, 3.63) is 33.1 Å². The average Bonchev–Trinajstić information content (AvgIpc) is 2.79. The van der Waals surface area contributed by atoms with Gasteiger partial charge in [-0.25, -0.2) is 8.98 Å². The van der Waals surface area contributed by atoms with Crippen LogP contribution in [0.2, 0.25) is 18.1 Å². The fourth-order valence-electron chi connectivity index (χ4n) is 2.43. The summed E-state index contributed by atoms with van der Waals surface area (Å²) in [4.78, 5) is 25.5. The summed E-state index contributed by atoms with van der Waals surface area (Å²) in [5, 5.41) is -0.0357. The van der Waals surface area contributed by atoms with Crippen molar-refractivity contribution in [2.75, 3.05) is 6.61 Å². The summed E-state index contributed by atoms with van der Waals surface area (Å²) in [6.45, 7) is 10.6. The highest BCUT2D eigenvalue weighted by Gasteiger charge is 2.49. The van der Waals surface area contributed by atoms with Crippen molar-refractivity contribution >= 4 is 41.3 Å². The molecule has 28 heavy (non-hydrogen) atoms. The van der Waals surface area contributed by atoms with Crippen molar-refractivity contribution in [3.63, 3.8) is 0 Å². The first-order chi connectivity index (χ1) is 12.6. The first-order valence-electron chi connectivity index (χ1n) is 8.53. The summed E-state index contributed by atoms with van der Waals surface area (Å²) in [6.07, 6.45) is -1.76. The number of aromatic amines is 1. The molecule has 0 saturated carbocycles. The van der Waals surface area contributed by atoms with Gasteiger partial charge in [-0.3, -0.25) is 18.9 Å². The van der Waals surface area contributed by atoms with E-state index in [4.69, 9.17) is 17.9 Å². The molecular weight excluding hydrogens is 523 g/mol. The molecule has 1 aromatic heterocycles. The Bertz CT molecular complexity index is 923. The zero-order valence-electron chi connectivity index (χ0n) is 16.2. The Morgan fingerprint density at radius 3 is 2.46 bits per heavy atom. The molecule has 13 heteroatoms. The molecular formula is C15H25IN2O8SSi. The van der Waals surface area contributed by atoms with Gasteiger partial charge < -0.3 is 9.16 Å². The largest absolute Gasteiger partial charge is 0.414 e. The molecule has 0 radical (unpaired) electrons. The number of alkyl halides is 1. The second kappa shape index (κ2) is 8.27. The quantitative estimate of drug-likeness (QED) is 0.236. The third-order valence-corrected chi connectivity index (χ3v) is 11.5. The molecule has 0 spiro atoms. The maximum absolute atomic E-state index is 12.1. The summed E-state index contributed by atoms with van der Waals surface area (Å²) >= 11 is 1.95. The van der Waals surface area contributed by atoms with Gasteiger partial charge in [0.1, 0.15) is 6.10 Å². The van der Waals surface area contributed by atoms with Crippen molar-refractivity contribution in [2.45, 2.75) is 61.3 Å². The van der Waals surface area contributed by atoms with Gasteiger partial charge in [-0.05, 0) is 18.1 Å². The third-order valence-electron chi connectivity index (χ3n) is 5.04. The lowest BCUT2D eigenvalue weighted by Crippen LogP contribution is -2.44. The Labute approximate surface area is 177 Å². The number of aromatic nitrogens is 2. The highest BCUT2D eigenvalue weighted by Crippen LogP contribution is 2.40. The lowest BCUT2D eigenvalue weighted by atomic mass is 10.2. The van der Waals surface area contributed by atoms with Crippen LogP contribution in [0.5, 0.6) is 0 Å². The van der Waals surface area contributed by atoms with Crippen molar-refractivity contribution in [1.29, 1.82) is 0 Å². The van der Waals surface area contributed by atoms with Crippen molar-refractivity contribution < 1.29 is 26.3 Å². The summed E-state index contributed by atoms with van der Waals surface area (Å²) in [6, 6.07) is 1.11. The third kappa shape index (κ3) is 5.52. The van der Waals surface area contributed by atoms with Gasteiger partial charge in [-0.15, -0.1) is 0 Å². The minimum atomic E-state index is -4.80. The first kappa shape index (κ1) is 23.7. The molecule has 10 nitrogen and oxygen atoms in total. The van der Waals surface area contributed by atoms with E-state index in [1.807, 2.05) is 22.6 Å². The highest BCUT2D eigenvalue weighted by atomic mass is 127. The Morgan fingerprint density at radius 2 is 1.96 bits per heavy atom. The van der Waals surface area contributed by atoms with Gasteiger partial charge in [0.05, 0.1) is 16.6 Å². The topological polar surface area (TPSA) is 137 Å². The van der Waals surface area contributed by atoms with Gasteiger partial charge in [-0.1, -0.05) is 43.4 Å². The number of hydrogen-bond acceptors (Lipinski definition) is 7. The molecule has 1 saturated heterocycles. The molecule has 2 heterocycles. The van der Waals surface area contributed by atoms with Crippen LogP contribution >= 0.6 is 22.6 Å². The van der Waals surface area contributed by atoms with E-state index in [2.05, 4.69) is 38.8 Å². The second-order valence-corrected chi connectivity index (χ2v) is 15.4. The Morgan fingerprint density at radius 1 is 1.36 bits per heavy atom. The van der Waals surface area contributed by atoms with Crippen LogP contribution in [-0.4, -0.2) is 53.6 Å². The molecule has 1 aliphatic heterocycles. The minimum absolute atomic E-state index is 0.0357. The van der Waals surface area contributed by atoms with Crippen molar-refractivity contribution in [1.82, 2.24) is 9.55 Å². The summed E-state index contributed by atoms with van der Waals surface area (Å²) in [7, 11) is -6.89. The molecule has 160 valence electrons. The standard InChI is InChI=1S/C15H25IN2O8SSi/c1-15(2,3)28(4,5)24-8-9-11(16)12(26-27(21,22)23)13(25-9)18-7-6-10(19)17-14(18)20/h6-7,9,11-13H,8H2,1-5H3,(H,17,19,20)(H,21,22,23)/t9-,11+,12-,13-/m1/s1. The molecule has 0 aliphatic carbocycles. The Kier molecular flexibility index (Phi) is 7.00. The van der Waals surface area contributed by atoms with Gasteiger partial charge >= 0.3 is 16.1 Å². The number of nitrogens with zero attached hydrogens (tertiary/aromatic N) is 1. The molecule has 1 aromatic rings. The van der Waals surface area contributed by atoms with E-state index in [1.54, 1.807) is 0 Å². The van der Waals surface area contributed by atoms with Gasteiger partial charge in [0.2, 0.25) is 0 Å². The minimum Gasteiger partial charge on any atom is -0.414 e. The summed E-state index contributed by atoms with van der Waals surface area (Å²) < 4.78 is 49.1. The van der Waals surface area contributed by atoms with Crippen LogP contribution in [0.25, 0.3) is 0 Å². The molecule has 4 atom stereocenters. The van der Waals surface area contributed by atoms with Gasteiger partial charge in [-0.2, -0.15) is 8.42 Å². The number of nitrogens with one attached hydrogen (secondary N) is 1. The predicted octanol–water partition coefficient (Wildman–Crippen LogP) is 1.45. The predicted molar refractivity (Wildman–Crippen MR) is 113 cm³/mol. The fourth-order valence-corrected chi connectivity index (χ4v) is 5.02. The zero-order chi connectivity index (χ0) is 21.5. The van der Waals surface area contributed by atoms with Crippen LogP contribution in [0.1, 0.15) is 27.0 Å². The lowest BCUT2D eigenvalue weighted by Gasteiger charge is -2.37. The molecule has 0 amide bonds. The fraction of sp³-hybridized carbons (Fsp3) is 0.733. The van der Waals surface area contributed by atoms with Crippen LogP contribution in [-0.2, 0) is 23.7 Å². The van der Waals surface area contributed by atoms with E-state index >= 15 is 0 Å². The molecule has 0 bridgehead atoms. The highest BCUT2D eigenvalue weighted by molar-refractivity contribution is 14.1. The van der Waals surface area contributed by atoms with E-state index in [9.17, 15) is 18.0 Å². The number of ether oxygens (including phenoxy) is 1. The van der Waals surface area contributed by atoms with E-state index in [0.717, 1.165) is 10.6 Å². The van der Waals surface area contributed by atoms with Crippen LogP contribution in [0, 0.1) is 0 Å². The van der Waals surface area contributed by atoms with Gasteiger partial charge in [0, 0.05) is 12.3 Å².